The Hall–Kier alpha value is -2.70. The maximum Gasteiger partial charge on any atom is 0.573 e. The number of alkyl halides is 3. The Bertz CT molecular complexity index is 810. The van der Waals surface area contributed by atoms with E-state index in [1.807, 2.05) is 31.3 Å². The van der Waals surface area contributed by atoms with Gasteiger partial charge in [-0.15, -0.1) is 13.2 Å². The van der Waals surface area contributed by atoms with Crippen molar-refractivity contribution in [3.05, 3.63) is 54.2 Å². The van der Waals surface area contributed by atoms with E-state index in [-0.39, 0.29) is 12.4 Å². The fraction of sp³-hybridized carbons (Fsp3) is 0.188. The van der Waals surface area contributed by atoms with Crippen molar-refractivity contribution in [2.24, 2.45) is 7.05 Å². The van der Waals surface area contributed by atoms with Gasteiger partial charge in [-0.3, -0.25) is 4.68 Å². The minimum absolute atomic E-state index is 0.223. The van der Waals surface area contributed by atoms with Gasteiger partial charge in [-0.2, -0.15) is 5.10 Å². The second-order valence-corrected chi connectivity index (χ2v) is 4.90. The lowest BCUT2D eigenvalue weighted by molar-refractivity contribution is -0.274. The van der Waals surface area contributed by atoms with E-state index in [4.69, 9.17) is 4.74 Å². The van der Waals surface area contributed by atoms with Crippen LogP contribution >= 0.6 is 0 Å². The molecule has 3 rings (SSSR count). The predicted molar refractivity (Wildman–Crippen MR) is 78.2 cm³/mol. The van der Waals surface area contributed by atoms with Crippen LogP contribution in [0.15, 0.2) is 48.5 Å². The first kappa shape index (κ1) is 15.2. The van der Waals surface area contributed by atoms with Gasteiger partial charge in [0.2, 0.25) is 0 Å². The largest absolute Gasteiger partial charge is 0.573 e. The van der Waals surface area contributed by atoms with Gasteiger partial charge in [0.05, 0.1) is 5.52 Å². The van der Waals surface area contributed by atoms with E-state index in [2.05, 4.69) is 9.84 Å². The molecule has 0 unspecified atom stereocenters. The number of para-hydroxylation sites is 1. The van der Waals surface area contributed by atoms with Crippen LogP contribution in [0.2, 0.25) is 0 Å². The Morgan fingerprint density at radius 1 is 1.00 bits per heavy atom. The summed E-state index contributed by atoms with van der Waals surface area (Å²) in [6, 6.07) is 13.0. The maximum atomic E-state index is 12.1. The summed E-state index contributed by atoms with van der Waals surface area (Å²) in [4.78, 5) is 0. The SMILES string of the molecule is Cn1nc(COc2ccc(OC(F)(F)F)cc2)c2ccccc21. The number of nitrogens with zero attached hydrogens (tertiary/aromatic N) is 2. The van der Waals surface area contributed by atoms with Crippen LogP contribution in [0.1, 0.15) is 5.69 Å². The molecule has 120 valence electrons. The number of rotatable bonds is 4. The van der Waals surface area contributed by atoms with Crippen molar-refractivity contribution in [3.63, 3.8) is 0 Å². The molecule has 23 heavy (non-hydrogen) atoms. The van der Waals surface area contributed by atoms with E-state index < -0.39 is 6.36 Å². The van der Waals surface area contributed by atoms with Crippen molar-refractivity contribution in [1.82, 2.24) is 9.78 Å². The van der Waals surface area contributed by atoms with Crippen molar-refractivity contribution in [2.75, 3.05) is 0 Å². The highest BCUT2D eigenvalue weighted by Gasteiger charge is 2.30. The summed E-state index contributed by atoms with van der Waals surface area (Å²) in [5.41, 5.74) is 1.75. The third-order valence-electron chi connectivity index (χ3n) is 3.27. The minimum atomic E-state index is -4.70. The first-order valence-electron chi connectivity index (χ1n) is 6.81. The molecule has 3 aromatic rings. The van der Waals surface area contributed by atoms with Crippen LogP contribution in [0.3, 0.4) is 0 Å². The maximum absolute atomic E-state index is 12.1. The fourth-order valence-corrected chi connectivity index (χ4v) is 2.28. The average Bonchev–Trinajstić information content (AvgIpc) is 2.82. The topological polar surface area (TPSA) is 36.3 Å². The zero-order valence-electron chi connectivity index (χ0n) is 12.2. The molecule has 0 atom stereocenters. The summed E-state index contributed by atoms with van der Waals surface area (Å²) >= 11 is 0. The molecule has 2 aromatic carbocycles. The Morgan fingerprint density at radius 3 is 2.35 bits per heavy atom. The average molecular weight is 322 g/mol. The van der Waals surface area contributed by atoms with Gasteiger partial charge in [-0.05, 0) is 30.3 Å². The van der Waals surface area contributed by atoms with Crippen LogP contribution in [-0.4, -0.2) is 16.1 Å². The van der Waals surface area contributed by atoms with Crippen molar-refractivity contribution >= 4 is 10.9 Å². The number of ether oxygens (including phenoxy) is 2. The highest BCUT2D eigenvalue weighted by Crippen LogP contribution is 2.25. The molecule has 4 nitrogen and oxygen atoms in total. The molecule has 0 spiro atoms. The molecular formula is C16H13F3N2O2. The number of aryl methyl sites for hydroxylation is 1. The molecule has 0 saturated carbocycles. The third-order valence-corrected chi connectivity index (χ3v) is 3.27. The second-order valence-electron chi connectivity index (χ2n) is 4.90. The van der Waals surface area contributed by atoms with Gasteiger partial charge in [-0.1, -0.05) is 18.2 Å². The zero-order chi connectivity index (χ0) is 16.4. The van der Waals surface area contributed by atoms with E-state index in [0.29, 0.717) is 5.75 Å². The van der Waals surface area contributed by atoms with E-state index >= 15 is 0 Å². The highest BCUT2D eigenvalue weighted by molar-refractivity contribution is 5.81. The summed E-state index contributed by atoms with van der Waals surface area (Å²) in [5, 5.41) is 5.37. The monoisotopic (exact) mass is 322 g/mol. The van der Waals surface area contributed by atoms with Crippen molar-refractivity contribution in [2.45, 2.75) is 13.0 Å². The van der Waals surface area contributed by atoms with E-state index in [9.17, 15) is 13.2 Å². The quantitative estimate of drug-likeness (QED) is 0.727. The molecule has 0 radical (unpaired) electrons. The lowest BCUT2D eigenvalue weighted by Gasteiger charge is -2.09. The molecule has 0 fully saturated rings. The molecule has 0 amide bonds. The van der Waals surface area contributed by atoms with E-state index in [0.717, 1.165) is 16.6 Å². The molecule has 0 N–H and O–H groups in total. The molecule has 0 aliphatic heterocycles. The molecular weight excluding hydrogens is 309 g/mol. The molecule has 7 heteroatoms. The van der Waals surface area contributed by atoms with Crippen LogP contribution in [0.4, 0.5) is 13.2 Å². The molecule has 0 aliphatic rings. The number of halogens is 3. The smallest absolute Gasteiger partial charge is 0.487 e. The highest BCUT2D eigenvalue weighted by atomic mass is 19.4. The van der Waals surface area contributed by atoms with Crippen LogP contribution in [0, 0.1) is 0 Å². The Balaban J connectivity index is 1.70. The number of hydrogen-bond donors (Lipinski definition) is 0. The summed E-state index contributed by atoms with van der Waals surface area (Å²) in [7, 11) is 1.84. The Morgan fingerprint density at radius 2 is 1.65 bits per heavy atom. The molecule has 1 aromatic heterocycles. The van der Waals surface area contributed by atoms with Gasteiger partial charge in [0.1, 0.15) is 23.8 Å². The van der Waals surface area contributed by atoms with Crippen LogP contribution in [0.25, 0.3) is 10.9 Å². The van der Waals surface area contributed by atoms with Crippen LogP contribution in [-0.2, 0) is 13.7 Å². The lowest BCUT2D eigenvalue weighted by Crippen LogP contribution is -2.16. The number of aromatic nitrogens is 2. The van der Waals surface area contributed by atoms with Crippen molar-refractivity contribution in [3.8, 4) is 11.5 Å². The van der Waals surface area contributed by atoms with E-state index in [1.54, 1.807) is 4.68 Å². The summed E-state index contributed by atoms with van der Waals surface area (Å²) in [5.74, 6) is 0.155. The predicted octanol–water partition coefficient (Wildman–Crippen LogP) is 4.05. The number of hydrogen-bond acceptors (Lipinski definition) is 3. The van der Waals surface area contributed by atoms with Crippen LogP contribution in [0.5, 0.6) is 11.5 Å². The number of benzene rings is 2. The van der Waals surface area contributed by atoms with Crippen molar-refractivity contribution in [1.29, 1.82) is 0 Å². The van der Waals surface area contributed by atoms with Crippen LogP contribution < -0.4 is 9.47 Å². The van der Waals surface area contributed by atoms with Gasteiger partial charge < -0.3 is 9.47 Å². The third kappa shape index (κ3) is 3.56. The lowest BCUT2D eigenvalue weighted by atomic mass is 10.2. The molecule has 0 bridgehead atoms. The first-order chi connectivity index (χ1) is 10.9. The molecule has 0 aliphatic carbocycles. The van der Waals surface area contributed by atoms with Gasteiger partial charge in [0, 0.05) is 12.4 Å². The second kappa shape index (κ2) is 5.83. The first-order valence-corrected chi connectivity index (χ1v) is 6.81. The zero-order valence-corrected chi connectivity index (χ0v) is 12.2. The van der Waals surface area contributed by atoms with Gasteiger partial charge in [-0.25, -0.2) is 0 Å². The standard InChI is InChI=1S/C16H13F3N2O2/c1-21-15-5-3-2-4-13(15)14(20-21)10-22-11-6-8-12(9-7-11)23-16(17,18)19/h2-9H,10H2,1H3. The minimum Gasteiger partial charge on any atom is -0.487 e. The summed E-state index contributed by atoms with van der Waals surface area (Å²) < 4.78 is 47.4. The Labute approximate surface area is 130 Å². The summed E-state index contributed by atoms with van der Waals surface area (Å²) in [6.07, 6.45) is -4.70. The normalized spacial score (nSPS) is 11.7. The Kier molecular flexibility index (Phi) is 3.85. The van der Waals surface area contributed by atoms with Crippen molar-refractivity contribution < 1.29 is 22.6 Å². The van der Waals surface area contributed by atoms with Gasteiger partial charge in [0.25, 0.3) is 0 Å². The van der Waals surface area contributed by atoms with E-state index in [1.165, 1.54) is 24.3 Å². The van der Waals surface area contributed by atoms with Gasteiger partial charge >= 0.3 is 6.36 Å². The molecule has 0 saturated heterocycles. The van der Waals surface area contributed by atoms with Gasteiger partial charge in [0.15, 0.2) is 0 Å². The number of fused-ring (bicyclic) bond motifs is 1. The summed E-state index contributed by atoms with van der Waals surface area (Å²) in [6.45, 7) is 0.223. The molecule has 1 heterocycles. The fourth-order valence-electron chi connectivity index (χ4n) is 2.28.